The van der Waals surface area contributed by atoms with Crippen LogP contribution in [-0.2, 0) is 6.54 Å². The number of hydrogen-bond donors (Lipinski definition) is 1. The Morgan fingerprint density at radius 2 is 2.29 bits per heavy atom. The van der Waals surface area contributed by atoms with Gasteiger partial charge in [0.25, 0.3) is 0 Å². The van der Waals surface area contributed by atoms with Gasteiger partial charge in [0.15, 0.2) is 11.3 Å². The fourth-order valence-corrected chi connectivity index (χ4v) is 3.09. The number of nitrogens with zero attached hydrogens (tertiary/aromatic N) is 3. The molecule has 1 saturated heterocycles. The lowest BCUT2D eigenvalue weighted by atomic mass is 10.1. The molecule has 1 atom stereocenters. The standard InChI is InChI=1S/C17H18N4O3/c1-11-9-15(24-20-11)13-6-4-8-21(13)17(22)18-10-16-19-12-5-2-3-7-14(12)23-16/h2-3,5,7,9,13H,4,6,8,10H2,1H3,(H,18,22)/t13-/m0/s1. The number of aromatic nitrogens is 2. The van der Waals surface area contributed by atoms with Crippen molar-refractivity contribution >= 4 is 17.1 Å². The minimum atomic E-state index is -0.145. The maximum atomic E-state index is 12.5. The van der Waals surface area contributed by atoms with Crippen LogP contribution in [-0.4, -0.2) is 27.6 Å². The molecule has 1 N–H and O–H groups in total. The summed E-state index contributed by atoms with van der Waals surface area (Å²) in [6, 6.07) is 9.22. The minimum Gasteiger partial charge on any atom is -0.439 e. The molecule has 24 heavy (non-hydrogen) atoms. The molecule has 4 rings (SSSR count). The number of carbonyl (C=O) groups excluding carboxylic acids is 1. The summed E-state index contributed by atoms with van der Waals surface area (Å²) in [5.74, 6) is 1.23. The average molecular weight is 326 g/mol. The molecule has 1 fully saturated rings. The maximum Gasteiger partial charge on any atom is 0.318 e. The molecule has 1 aliphatic heterocycles. The van der Waals surface area contributed by atoms with E-state index in [4.69, 9.17) is 8.94 Å². The van der Waals surface area contributed by atoms with Gasteiger partial charge in [-0.05, 0) is 31.9 Å². The molecule has 1 aromatic carbocycles. The highest BCUT2D eigenvalue weighted by molar-refractivity contribution is 5.75. The van der Waals surface area contributed by atoms with Gasteiger partial charge in [-0.25, -0.2) is 9.78 Å². The number of oxazole rings is 1. The Kier molecular flexibility index (Phi) is 3.68. The van der Waals surface area contributed by atoms with Crippen molar-refractivity contribution in [2.75, 3.05) is 6.54 Å². The quantitative estimate of drug-likeness (QED) is 0.799. The van der Waals surface area contributed by atoms with E-state index in [1.807, 2.05) is 37.3 Å². The summed E-state index contributed by atoms with van der Waals surface area (Å²) in [5, 5.41) is 6.79. The highest BCUT2D eigenvalue weighted by Crippen LogP contribution is 2.32. The third-order valence-corrected chi connectivity index (χ3v) is 4.22. The molecule has 124 valence electrons. The number of amides is 2. The Balaban J connectivity index is 1.43. The summed E-state index contributed by atoms with van der Waals surface area (Å²) in [5.41, 5.74) is 2.33. The van der Waals surface area contributed by atoms with Crippen molar-refractivity contribution in [1.29, 1.82) is 0 Å². The van der Waals surface area contributed by atoms with Gasteiger partial charge in [-0.3, -0.25) is 0 Å². The second-order valence-corrected chi connectivity index (χ2v) is 5.96. The molecule has 0 aliphatic carbocycles. The van der Waals surface area contributed by atoms with Crippen molar-refractivity contribution in [3.8, 4) is 0 Å². The van der Waals surface area contributed by atoms with Gasteiger partial charge < -0.3 is 19.2 Å². The van der Waals surface area contributed by atoms with E-state index in [-0.39, 0.29) is 18.6 Å². The van der Waals surface area contributed by atoms with Crippen LogP contribution in [0.5, 0.6) is 0 Å². The number of hydrogen-bond acceptors (Lipinski definition) is 5. The zero-order chi connectivity index (χ0) is 16.5. The second-order valence-electron chi connectivity index (χ2n) is 5.96. The van der Waals surface area contributed by atoms with E-state index >= 15 is 0 Å². The molecule has 0 radical (unpaired) electrons. The molecule has 0 bridgehead atoms. The van der Waals surface area contributed by atoms with Crippen LogP contribution >= 0.6 is 0 Å². The lowest BCUT2D eigenvalue weighted by molar-refractivity contribution is 0.181. The summed E-state index contributed by atoms with van der Waals surface area (Å²) >= 11 is 0. The zero-order valence-electron chi connectivity index (χ0n) is 13.4. The van der Waals surface area contributed by atoms with Crippen LogP contribution in [0, 0.1) is 6.92 Å². The molecular formula is C17H18N4O3. The topological polar surface area (TPSA) is 84.4 Å². The zero-order valence-corrected chi connectivity index (χ0v) is 13.4. The SMILES string of the molecule is Cc1cc([C@@H]2CCCN2C(=O)NCc2nc3ccccc3o2)on1. The Bertz CT molecular complexity index is 836. The molecule has 3 heterocycles. The predicted molar refractivity (Wildman–Crippen MR) is 86.2 cm³/mol. The third kappa shape index (κ3) is 2.73. The van der Waals surface area contributed by atoms with Gasteiger partial charge in [-0.2, -0.15) is 0 Å². The number of likely N-dealkylation sites (tertiary alicyclic amines) is 1. The summed E-state index contributed by atoms with van der Waals surface area (Å²) in [6.45, 7) is 2.83. The summed E-state index contributed by atoms with van der Waals surface area (Å²) in [4.78, 5) is 18.7. The first-order chi connectivity index (χ1) is 11.7. The molecule has 0 unspecified atom stereocenters. The smallest absolute Gasteiger partial charge is 0.318 e. The van der Waals surface area contributed by atoms with Gasteiger partial charge in [0.2, 0.25) is 5.89 Å². The molecule has 7 heteroatoms. The molecular weight excluding hydrogens is 308 g/mol. The van der Waals surface area contributed by atoms with Crippen LogP contribution < -0.4 is 5.32 Å². The van der Waals surface area contributed by atoms with Crippen LogP contribution in [0.3, 0.4) is 0 Å². The van der Waals surface area contributed by atoms with Crippen LogP contribution in [0.4, 0.5) is 4.79 Å². The van der Waals surface area contributed by atoms with Crippen molar-refractivity contribution in [3.63, 3.8) is 0 Å². The Labute approximate surface area is 138 Å². The Morgan fingerprint density at radius 1 is 1.42 bits per heavy atom. The highest BCUT2D eigenvalue weighted by Gasteiger charge is 2.32. The highest BCUT2D eigenvalue weighted by atomic mass is 16.5. The minimum absolute atomic E-state index is 0.0603. The van der Waals surface area contributed by atoms with E-state index in [1.54, 1.807) is 4.90 Å². The molecule has 2 amide bonds. The van der Waals surface area contributed by atoms with Gasteiger partial charge >= 0.3 is 6.03 Å². The number of nitrogens with one attached hydrogen (secondary N) is 1. The first-order valence-electron chi connectivity index (χ1n) is 8.03. The summed E-state index contributed by atoms with van der Waals surface area (Å²) < 4.78 is 11.0. The fourth-order valence-electron chi connectivity index (χ4n) is 3.09. The molecule has 1 aliphatic rings. The van der Waals surface area contributed by atoms with Gasteiger partial charge in [-0.15, -0.1) is 0 Å². The van der Waals surface area contributed by atoms with E-state index in [1.165, 1.54) is 0 Å². The number of benzene rings is 1. The first-order valence-corrected chi connectivity index (χ1v) is 8.03. The number of fused-ring (bicyclic) bond motifs is 1. The van der Waals surface area contributed by atoms with Crippen molar-refractivity contribution in [1.82, 2.24) is 20.4 Å². The number of carbonyl (C=O) groups is 1. The van der Waals surface area contributed by atoms with E-state index in [0.29, 0.717) is 12.4 Å². The van der Waals surface area contributed by atoms with E-state index in [9.17, 15) is 4.79 Å². The van der Waals surface area contributed by atoms with Crippen molar-refractivity contribution in [2.24, 2.45) is 0 Å². The lowest BCUT2D eigenvalue weighted by Crippen LogP contribution is -2.39. The van der Waals surface area contributed by atoms with E-state index in [2.05, 4.69) is 15.5 Å². The Morgan fingerprint density at radius 3 is 3.08 bits per heavy atom. The number of para-hydroxylation sites is 2. The van der Waals surface area contributed by atoms with Crippen LogP contribution in [0.25, 0.3) is 11.1 Å². The van der Waals surface area contributed by atoms with E-state index in [0.717, 1.165) is 35.4 Å². The fraction of sp³-hybridized carbons (Fsp3) is 0.353. The lowest BCUT2D eigenvalue weighted by Gasteiger charge is -2.22. The van der Waals surface area contributed by atoms with Crippen molar-refractivity contribution in [2.45, 2.75) is 32.4 Å². The first kappa shape index (κ1) is 14.7. The van der Waals surface area contributed by atoms with Crippen LogP contribution in [0.15, 0.2) is 39.3 Å². The molecule has 2 aromatic heterocycles. The third-order valence-electron chi connectivity index (χ3n) is 4.22. The predicted octanol–water partition coefficient (Wildman–Crippen LogP) is 3.17. The average Bonchev–Trinajstić information content (AvgIpc) is 3.30. The number of rotatable bonds is 3. The number of urea groups is 1. The molecule has 7 nitrogen and oxygen atoms in total. The van der Waals surface area contributed by atoms with Crippen LogP contribution in [0.1, 0.15) is 36.2 Å². The van der Waals surface area contributed by atoms with Crippen LogP contribution in [0.2, 0.25) is 0 Å². The monoisotopic (exact) mass is 326 g/mol. The maximum absolute atomic E-state index is 12.5. The van der Waals surface area contributed by atoms with E-state index < -0.39 is 0 Å². The normalized spacial score (nSPS) is 17.5. The molecule has 0 spiro atoms. The summed E-state index contributed by atoms with van der Waals surface area (Å²) in [6.07, 6.45) is 1.83. The second kappa shape index (κ2) is 5.99. The Hall–Kier alpha value is -2.83. The summed E-state index contributed by atoms with van der Waals surface area (Å²) in [7, 11) is 0. The van der Waals surface area contributed by atoms with Crippen molar-refractivity contribution in [3.05, 3.63) is 47.7 Å². The van der Waals surface area contributed by atoms with Gasteiger partial charge in [0.05, 0.1) is 18.3 Å². The van der Waals surface area contributed by atoms with Gasteiger partial charge in [0, 0.05) is 12.6 Å². The molecule has 3 aromatic rings. The van der Waals surface area contributed by atoms with Crippen molar-refractivity contribution < 1.29 is 13.7 Å². The number of aryl methyl sites for hydroxylation is 1. The largest absolute Gasteiger partial charge is 0.439 e. The molecule has 0 saturated carbocycles. The van der Waals surface area contributed by atoms with Gasteiger partial charge in [0.1, 0.15) is 5.52 Å². The van der Waals surface area contributed by atoms with Gasteiger partial charge in [-0.1, -0.05) is 17.3 Å².